The minimum absolute atomic E-state index is 0.471. The van der Waals surface area contributed by atoms with Crippen molar-refractivity contribution in [2.45, 2.75) is 26.3 Å². The molecule has 0 bridgehead atoms. The number of hydrogen-bond donors (Lipinski definition) is 1. The number of hydrogen-bond acceptors (Lipinski definition) is 3. The molecule has 0 spiro atoms. The van der Waals surface area contributed by atoms with Crippen molar-refractivity contribution in [3.8, 4) is 0 Å². The molecule has 0 saturated carbocycles. The van der Waals surface area contributed by atoms with E-state index in [9.17, 15) is 0 Å². The van der Waals surface area contributed by atoms with Crippen molar-refractivity contribution < 1.29 is 0 Å². The van der Waals surface area contributed by atoms with Crippen LogP contribution in [0, 0.1) is 5.92 Å². The van der Waals surface area contributed by atoms with Crippen LogP contribution >= 0.6 is 0 Å². The SMILES string of the molecule is CC(C)C(CN(C)C)n1cncc1CCN. The van der Waals surface area contributed by atoms with Gasteiger partial charge in [0.25, 0.3) is 0 Å². The second-order valence-electron chi connectivity index (χ2n) is 4.90. The molecular weight excluding hydrogens is 200 g/mol. The Morgan fingerprint density at radius 3 is 2.62 bits per heavy atom. The number of rotatable bonds is 6. The first kappa shape index (κ1) is 13.2. The minimum Gasteiger partial charge on any atom is -0.330 e. The van der Waals surface area contributed by atoms with Gasteiger partial charge in [-0.1, -0.05) is 13.8 Å². The highest BCUT2D eigenvalue weighted by Gasteiger charge is 2.18. The van der Waals surface area contributed by atoms with Crippen molar-refractivity contribution in [2.24, 2.45) is 11.7 Å². The zero-order chi connectivity index (χ0) is 12.1. The predicted octanol–water partition coefficient (Wildman–Crippen LogP) is 1.14. The Bertz CT molecular complexity index is 304. The van der Waals surface area contributed by atoms with Crippen LogP contribution in [0.1, 0.15) is 25.6 Å². The maximum Gasteiger partial charge on any atom is 0.0951 e. The third-order valence-electron chi connectivity index (χ3n) is 2.83. The summed E-state index contributed by atoms with van der Waals surface area (Å²) in [6.07, 6.45) is 4.76. The molecule has 0 fully saturated rings. The normalized spacial score (nSPS) is 13.7. The van der Waals surface area contributed by atoms with Crippen molar-refractivity contribution in [1.29, 1.82) is 0 Å². The van der Waals surface area contributed by atoms with E-state index >= 15 is 0 Å². The largest absolute Gasteiger partial charge is 0.330 e. The van der Waals surface area contributed by atoms with E-state index in [4.69, 9.17) is 5.73 Å². The van der Waals surface area contributed by atoms with Crippen LogP contribution in [-0.4, -0.2) is 41.6 Å². The van der Waals surface area contributed by atoms with Crippen LogP contribution < -0.4 is 5.73 Å². The standard InChI is InChI=1S/C12H24N4/c1-10(2)12(8-15(3)4)16-9-14-7-11(16)5-6-13/h7,9-10,12H,5-6,8,13H2,1-4H3. The minimum atomic E-state index is 0.471. The zero-order valence-corrected chi connectivity index (χ0v) is 10.8. The molecule has 0 aliphatic carbocycles. The quantitative estimate of drug-likeness (QED) is 0.788. The van der Waals surface area contributed by atoms with E-state index in [-0.39, 0.29) is 0 Å². The van der Waals surface area contributed by atoms with Crippen molar-refractivity contribution >= 4 is 0 Å². The number of nitrogens with two attached hydrogens (primary N) is 1. The fourth-order valence-electron chi connectivity index (χ4n) is 1.97. The highest BCUT2D eigenvalue weighted by Crippen LogP contribution is 2.20. The van der Waals surface area contributed by atoms with E-state index in [1.54, 1.807) is 0 Å². The monoisotopic (exact) mass is 224 g/mol. The first-order valence-corrected chi connectivity index (χ1v) is 5.91. The smallest absolute Gasteiger partial charge is 0.0951 e. The topological polar surface area (TPSA) is 47.1 Å². The molecule has 1 aromatic rings. The van der Waals surface area contributed by atoms with E-state index in [1.807, 2.05) is 12.5 Å². The molecular formula is C12H24N4. The van der Waals surface area contributed by atoms with Crippen LogP contribution in [-0.2, 0) is 6.42 Å². The van der Waals surface area contributed by atoms with Gasteiger partial charge in [0.05, 0.1) is 6.33 Å². The molecule has 16 heavy (non-hydrogen) atoms. The van der Waals surface area contributed by atoms with Gasteiger partial charge in [0.2, 0.25) is 0 Å². The molecule has 1 rings (SSSR count). The molecule has 2 N–H and O–H groups in total. The van der Waals surface area contributed by atoms with Gasteiger partial charge in [-0.25, -0.2) is 4.98 Å². The van der Waals surface area contributed by atoms with Crippen LogP contribution in [0.3, 0.4) is 0 Å². The summed E-state index contributed by atoms with van der Waals surface area (Å²) in [5.41, 5.74) is 6.85. The second-order valence-corrected chi connectivity index (χ2v) is 4.90. The van der Waals surface area contributed by atoms with Crippen LogP contribution in [0.15, 0.2) is 12.5 Å². The Morgan fingerprint density at radius 1 is 1.44 bits per heavy atom. The maximum atomic E-state index is 5.61. The van der Waals surface area contributed by atoms with Crippen molar-refractivity contribution in [3.05, 3.63) is 18.2 Å². The number of nitrogens with zero attached hydrogens (tertiary/aromatic N) is 3. The summed E-state index contributed by atoms with van der Waals surface area (Å²) in [6, 6.07) is 0.471. The number of aromatic nitrogens is 2. The fraction of sp³-hybridized carbons (Fsp3) is 0.750. The molecule has 4 heteroatoms. The summed E-state index contributed by atoms with van der Waals surface area (Å²) in [4.78, 5) is 6.46. The van der Waals surface area contributed by atoms with E-state index in [0.717, 1.165) is 13.0 Å². The van der Waals surface area contributed by atoms with Crippen LogP contribution in [0.2, 0.25) is 0 Å². The second kappa shape index (κ2) is 6.01. The number of imidazole rings is 1. The Labute approximate surface area is 98.5 Å². The Kier molecular flexibility index (Phi) is 4.96. The van der Waals surface area contributed by atoms with Gasteiger partial charge in [0, 0.05) is 30.9 Å². The average molecular weight is 224 g/mol. The molecule has 0 saturated heterocycles. The van der Waals surface area contributed by atoms with Gasteiger partial charge in [-0.2, -0.15) is 0 Å². The molecule has 0 aliphatic rings. The lowest BCUT2D eigenvalue weighted by Gasteiger charge is -2.27. The van der Waals surface area contributed by atoms with E-state index < -0.39 is 0 Å². The summed E-state index contributed by atoms with van der Waals surface area (Å²) >= 11 is 0. The number of likely N-dealkylation sites (N-methyl/N-ethyl adjacent to an activating group) is 1. The molecule has 4 nitrogen and oxygen atoms in total. The first-order valence-electron chi connectivity index (χ1n) is 5.91. The predicted molar refractivity (Wildman–Crippen MR) is 67.4 cm³/mol. The summed E-state index contributed by atoms with van der Waals surface area (Å²) in [7, 11) is 4.21. The molecule has 0 radical (unpaired) electrons. The van der Waals surface area contributed by atoms with E-state index in [2.05, 4.69) is 42.4 Å². The fourth-order valence-corrected chi connectivity index (χ4v) is 1.97. The first-order chi connectivity index (χ1) is 7.56. The highest BCUT2D eigenvalue weighted by atomic mass is 15.1. The maximum absolute atomic E-state index is 5.61. The van der Waals surface area contributed by atoms with Crippen molar-refractivity contribution in [3.63, 3.8) is 0 Å². The molecule has 0 aromatic carbocycles. The lowest BCUT2D eigenvalue weighted by atomic mass is 10.0. The summed E-state index contributed by atoms with van der Waals surface area (Å²) < 4.78 is 2.28. The molecule has 0 aliphatic heterocycles. The van der Waals surface area contributed by atoms with Crippen LogP contribution in [0.25, 0.3) is 0 Å². The molecule has 1 aromatic heterocycles. The Morgan fingerprint density at radius 2 is 2.12 bits per heavy atom. The van der Waals surface area contributed by atoms with Gasteiger partial charge >= 0.3 is 0 Å². The molecule has 0 amide bonds. The van der Waals surface area contributed by atoms with Crippen molar-refractivity contribution in [1.82, 2.24) is 14.5 Å². The van der Waals surface area contributed by atoms with Gasteiger partial charge in [-0.15, -0.1) is 0 Å². The summed E-state index contributed by atoms with van der Waals surface area (Å²) in [5.74, 6) is 0.591. The molecule has 1 atom stereocenters. The van der Waals surface area contributed by atoms with Crippen molar-refractivity contribution in [2.75, 3.05) is 27.2 Å². The van der Waals surface area contributed by atoms with Crippen LogP contribution in [0.4, 0.5) is 0 Å². The van der Waals surface area contributed by atoms with Gasteiger partial charge in [0.15, 0.2) is 0 Å². The van der Waals surface area contributed by atoms with E-state index in [1.165, 1.54) is 5.69 Å². The van der Waals surface area contributed by atoms with Gasteiger partial charge in [-0.05, 0) is 26.6 Å². The third kappa shape index (κ3) is 3.32. The Hall–Kier alpha value is -0.870. The van der Waals surface area contributed by atoms with Crippen LogP contribution in [0.5, 0.6) is 0 Å². The zero-order valence-electron chi connectivity index (χ0n) is 10.8. The van der Waals surface area contributed by atoms with Gasteiger partial charge < -0.3 is 15.2 Å². The molecule has 92 valence electrons. The lowest BCUT2D eigenvalue weighted by molar-refractivity contribution is 0.265. The Balaban J connectivity index is 2.87. The molecule has 1 heterocycles. The average Bonchev–Trinajstić information content (AvgIpc) is 2.62. The van der Waals surface area contributed by atoms with Gasteiger partial charge in [0.1, 0.15) is 0 Å². The third-order valence-corrected chi connectivity index (χ3v) is 2.83. The highest BCUT2D eigenvalue weighted by molar-refractivity contribution is 5.02. The van der Waals surface area contributed by atoms with E-state index in [0.29, 0.717) is 18.5 Å². The summed E-state index contributed by atoms with van der Waals surface area (Å²) in [5, 5.41) is 0. The lowest BCUT2D eigenvalue weighted by Crippen LogP contribution is -2.29. The molecule has 1 unspecified atom stereocenters. The summed E-state index contributed by atoms with van der Waals surface area (Å²) in [6.45, 7) is 6.21. The van der Waals surface area contributed by atoms with Gasteiger partial charge in [-0.3, -0.25) is 0 Å².